The van der Waals surface area contributed by atoms with Crippen molar-refractivity contribution in [2.24, 2.45) is 0 Å². The molecule has 5 nitrogen and oxygen atoms in total. The first kappa shape index (κ1) is 26.6. The van der Waals surface area contributed by atoms with Crippen molar-refractivity contribution < 1.29 is 4.42 Å². The first-order valence-electron chi connectivity index (χ1n) is 16.0. The van der Waals surface area contributed by atoms with Gasteiger partial charge in [0, 0.05) is 44.4 Å². The van der Waals surface area contributed by atoms with Crippen molar-refractivity contribution in [2.45, 2.75) is 0 Å². The van der Waals surface area contributed by atoms with Crippen LogP contribution in [0, 0.1) is 0 Å². The Balaban J connectivity index is 1.10. The van der Waals surface area contributed by atoms with Gasteiger partial charge < -0.3 is 8.98 Å². The highest BCUT2D eigenvalue weighted by molar-refractivity contribution is 6.15. The summed E-state index contributed by atoms with van der Waals surface area (Å²) in [6.45, 7) is 0. The molecule has 0 amide bonds. The summed E-state index contributed by atoms with van der Waals surface area (Å²) in [4.78, 5) is 14.1. The van der Waals surface area contributed by atoms with Gasteiger partial charge in [0.15, 0.2) is 11.6 Å². The summed E-state index contributed by atoms with van der Waals surface area (Å²) in [5.74, 6) is 1.24. The minimum atomic E-state index is 0.610. The maximum atomic E-state index is 6.53. The Labute approximate surface area is 275 Å². The summed E-state index contributed by atoms with van der Waals surface area (Å²) in [6, 6.07) is 53.0. The van der Waals surface area contributed by atoms with Gasteiger partial charge in [0.2, 0.25) is 0 Å². The number of fused-ring (bicyclic) bond motifs is 7. The van der Waals surface area contributed by atoms with Crippen LogP contribution in [0.4, 0.5) is 0 Å². The van der Waals surface area contributed by atoms with E-state index in [1.165, 1.54) is 32.6 Å². The molecule has 7 aromatic carbocycles. The van der Waals surface area contributed by atoms with Crippen molar-refractivity contribution in [2.75, 3.05) is 0 Å². The van der Waals surface area contributed by atoms with Gasteiger partial charge in [-0.05, 0) is 58.3 Å². The van der Waals surface area contributed by atoms with Gasteiger partial charge in [0.1, 0.15) is 17.5 Å². The first-order valence-corrected chi connectivity index (χ1v) is 16.0. The Morgan fingerprint density at radius 1 is 0.458 bits per heavy atom. The molecule has 0 radical (unpaired) electrons. The summed E-state index contributed by atoms with van der Waals surface area (Å²) in [6.07, 6.45) is 1.59. The van der Waals surface area contributed by atoms with E-state index in [-0.39, 0.29) is 0 Å². The molecular formula is C43H26N4O. The molecule has 0 saturated carbocycles. The molecule has 0 atom stereocenters. The first-order chi connectivity index (χ1) is 23.8. The molecule has 10 rings (SSSR count). The van der Waals surface area contributed by atoms with Crippen LogP contribution < -0.4 is 0 Å². The molecule has 0 N–H and O–H groups in total. The number of para-hydroxylation sites is 1. The van der Waals surface area contributed by atoms with Crippen LogP contribution in [-0.4, -0.2) is 19.5 Å². The second kappa shape index (κ2) is 10.5. The third-order valence-corrected chi connectivity index (χ3v) is 9.34. The highest BCUT2D eigenvalue weighted by atomic mass is 16.3. The molecule has 0 aliphatic heterocycles. The SMILES string of the molecule is c1ccc(-c2ccc(-c3ncnc(-c4cccc5oc6cc(-n7c8ccccc8c8cc9ccccc9cc87)ccc6c45)n3)cc2)cc1. The van der Waals surface area contributed by atoms with E-state index in [1.807, 2.05) is 18.2 Å². The molecule has 0 saturated heterocycles. The fourth-order valence-corrected chi connectivity index (χ4v) is 7.08. The van der Waals surface area contributed by atoms with Crippen molar-refractivity contribution in [1.82, 2.24) is 19.5 Å². The lowest BCUT2D eigenvalue weighted by atomic mass is 10.0. The number of aromatic nitrogens is 4. The van der Waals surface area contributed by atoms with Crippen LogP contribution in [0.15, 0.2) is 162 Å². The summed E-state index contributed by atoms with van der Waals surface area (Å²) >= 11 is 0. The number of hydrogen-bond acceptors (Lipinski definition) is 4. The van der Waals surface area contributed by atoms with E-state index < -0.39 is 0 Å². The minimum absolute atomic E-state index is 0.610. The number of hydrogen-bond donors (Lipinski definition) is 0. The van der Waals surface area contributed by atoms with Crippen molar-refractivity contribution >= 4 is 54.5 Å². The Morgan fingerprint density at radius 3 is 2.06 bits per heavy atom. The normalized spacial score (nSPS) is 11.8. The Morgan fingerprint density at radius 2 is 1.19 bits per heavy atom. The number of benzene rings is 7. The van der Waals surface area contributed by atoms with Crippen LogP contribution in [0.2, 0.25) is 0 Å². The smallest absolute Gasteiger partial charge is 0.164 e. The highest BCUT2D eigenvalue weighted by Crippen LogP contribution is 2.39. The molecule has 0 aliphatic rings. The summed E-state index contributed by atoms with van der Waals surface area (Å²) < 4.78 is 8.87. The Kier molecular flexibility index (Phi) is 5.81. The molecule has 48 heavy (non-hydrogen) atoms. The van der Waals surface area contributed by atoms with Gasteiger partial charge in [-0.25, -0.2) is 15.0 Å². The van der Waals surface area contributed by atoms with Gasteiger partial charge in [-0.15, -0.1) is 0 Å². The van der Waals surface area contributed by atoms with Crippen LogP contribution >= 0.6 is 0 Å². The molecule has 3 heterocycles. The van der Waals surface area contributed by atoms with Crippen molar-refractivity contribution in [3.63, 3.8) is 0 Å². The van der Waals surface area contributed by atoms with Crippen molar-refractivity contribution in [3.05, 3.63) is 158 Å². The maximum Gasteiger partial charge on any atom is 0.164 e. The average Bonchev–Trinajstić information content (AvgIpc) is 3.69. The van der Waals surface area contributed by atoms with Crippen LogP contribution in [0.1, 0.15) is 0 Å². The van der Waals surface area contributed by atoms with Crippen molar-refractivity contribution in [3.8, 4) is 39.6 Å². The third kappa shape index (κ3) is 4.15. The third-order valence-electron chi connectivity index (χ3n) is 9.34. The molecule has 0 bridgehead atoms. The van der Waals surface area contributed by atoms with Crippen molar-refractivity contribution in [1.29, 1.82) is 0 Å². The van der Waals surface area contributed by atoms with E-state index in [4.69, 9.17) is 9.40 Å². The van der Waals surface area contributed by atoms with Crippen LogP contribution in [0.25, 0.3) is 94.1 Å². The molecule has 0 unspecified atom stereocenters. The second-order valence-electron chi connectivity index (χ2n) is 12.1. The predicted molar refractivity (Wildman–Crippen MR) is 195 cm³/mol. The standard InChI is InChI=1S/C43H26N4O/c1-2-9-27(10-3-1)28-17-19-29(20-18-28)42-44-26-45-43(46-42)35-14-8-16-39-41(35)34-22-21-32(25-40(34)48-39)47-37-15-7-6-13-33(37)36-23-30-11-4-5-12-31(30)24-38(36)47/h1-26H. The number of rotatable bonds is 4. The highest BCUT2D eigenvalue weighted by Gasteiger charge is 2.18. The zero-order chi connectivity index (χ0) is 31.6. The zero-order valence-corrected chi connectivity index (χ0v) is 25.7. The molecule has 0 fully saturated rings. The summed E-state index contributed by atoms with van der Waals surface area (Å²) in [5.41, 5.74) is 9.15. The molecule has 5 heteroatoms. The summed E-state index contributed by atoms with van der Waals surface area (Å²) in [7, 11) is 0. The minimum Gasteiger partial charge on any atom is -0.456 e. The number of nitrogens with zero attached hydrogens (tertiary/aromatic N) is 4. The van der Waals surface area contributed by atoms with Crippen LogP contribution in [-0.2, 0) is 0 Å². The lowest BCUT2D eigenvalue weighted by Gasteiger charge is -2.09. The van der Waals surface area contributed by atoms with E-state index in [2.05, 4.69) is 148 Å². The fourth-order valence-electron chi connectivity index (χ4n) is 7.08. The fraction of sp³-hybridized carbons (Fsp3) is 0. The molecule has 0 aliphatic carbocycles. The van der Waals surface area contributed by atoms with Crippen LogP contribution in [0.5, 0.6) is 0 Å². The molecule has 224 valence electrons. The molecule has 3 aromatic heterocycles. The van der Waals surface area contributed by atoms with E-state index in [9.17, 15) is 0 Å². The van der Waals surface area contributed by atoms with Gasteiger partial charge in [0.05, 0.1) is 11.0 Å². The maximum absolute atomic E-state index is 6.53. The molecule has 0 spiro atoms. The van der Waals surface area contributed by atoms with Gasteiger partial charge in [-0.1, -0.05) is 109 Å². The second-order valence-corrected chi connectivity index (χ2v) is 12.1. The Bertz CT molecular complexity index is 2830. The van der Waals surface area contributed by atoms with Gasteiger partial charge >= 0.3 is 0 Å². The van der Waals surface area contributed by atoms with E-state index in [0.29, 0.717) is 11.6 Å². The van der Waals surface area contributed by atoms with E-state index in [0.717, 1.165) is 49.8 Å². The monoisotopic (exact) mass is 614 g/mol. The summed E-state index contributed by atoms with van der Waals surface area (Å²) in [5, 5.41) is 6.92. The van der Waals surface area contributed by atoms with E-state index in [1.54, 1.807) is 6.33 Å². The number of furan rings is 1. The average molecular weight is 615 g/mol. The lowest BCUT2D eigenvalue weighted by molar-refractivity contribution is 0.668. The van der Waals surface area contributed by atoms with Crippen LogP contribution in [0.3, 0.4) is 0 Å². The molecular weight excluding hydrogens is 589 g/mol. The quantitative estimate of drug-likeness (QED) is 0.198. The largest absolute Gasteiger partial charge is 0.456 e. The zero-order valence-electron chi connectivity index (χ0n) is 25.7. The van der Waals surface area contributed by atoms with Gasteiger partial charge in [0.25, 0.3) is 0 Å². The van der Waals surface area contributed by atoms with E-state index >= 15 is 0 Å². The Hall–Kier alpha value is -6.59. The molecule has 10 aromatic rings. The predicted octanol–water partition coefficient (Wildman–Crippen LogP) is 11.0. The lowest BCUT2D eigenvalue weighted by Crippen LogP contribution is -1.95. The van der Waals surface area contributed by atoms with Gasteiger partial charge in [-0.2, -0.15) is 0 Å². The van der Waals surface area contributed by atoms with Gasteiger partial charge in [-0.3, -0.25) is 0 Å². The topological polar surface area (TPSA) is 56.7 Å².